The summed E-state index contributed by atoms with van der Waals surface area (Å²) in [6, 6.07) is 0. The molecule has 5 atom stereocenters. The number of anilines is 1. The molecule has 1 aliphatic heterocycles. The number of aromatic nitrogens is 4. The minimum atomic E-state index is -4.89. The van der Waals surface area contributed by atoms with Crippen molar-refractivity contribution in [3.05, 3.63) is 16.7 Å². The number of nitrogens with two attached hydrogens (primary N) is 1. The van der Waals surface area contributed by atoms with E-state index in [1.807, 2.05) is 0 Å². The molecule has 1 aliphatic rings. The maximum absolute atomic E-state index is 11.9. The first-order valence-corrected chi connectivity index (χ1v) is 12.3. The summed E-state index contributed by atoms with van der Waals surface area (Å²) in [6.07, 6.45) is -1.89. The Morgan fingerprint density at radius 1 is 1.34 bits per heavy atom. The van der Waals surface area contributed by atoms with Gasteiger partial charge in [-0.25, -0.2) is 9.55 Å². The molecule has 0 aliphatic carbocycles. The molecule has 17 nitrogen and oxygen atoms in total. The predicted octanol–water partition coefficient (Wildman–Crippen LogP) is -1.53. The van der Waals surface area contributed by atoms with Crippen LogP contribution in [0.3, 0.4) is 0 Å². The second-order valence-electron chi connectivity index (χ2n) is 6.12. The summed E-state index contributed by atoms with van der Waals surface area (Å²) >= 11 is 0. The molecule has 1 saturated heterocycles. The van der Waals surface area contributed by atoms with Crippen LogP contribution >= 0.6 is 24.3 Å². The molecule has 21 heteroatoms. The summed E-state index contributed by atoms with van der Waals surface area (Å²) < 4.78 is 47.4. The monoisotopic (exact) mass is 596 g/mol. The van der Waals surface area contributed by atoms with E-state index in [1.54, 1.807) is 6.92 Å². The number of nitrogen functional groups attached to an aromatic ring is 1. The third kappa shape index (κ3) is 8.13. The Kier molecular flexibility index (Phi) is 11.5. The first-order valence-electron chi connectivity index (χ1n) is 8.19. The van der Waals surface area contributed by atoms with Crippen molar-refractivity contribution in [1.82, 2.24) is 19.5 Å². The molecule has 3 rings (SSSR count). The fourth-order valence-corrected chi connectivity index (χ4v) is 3.89. The Bertz CT molecular complexity index is 1070. The molecule has 0 saturated carbocycles. The van der Waals surface area contributed by atoms with Gasteiger partial charge in [0.25, 0.3) is 5.56 Å². The van der Waals surface area contributed by atoms with Crippen LogP contribution in [-0.2, 0) is 60.2 Å². The molecule has 0 spiro atoms. The Morgan fingerprint density at radius 3 is 2.47 bits per heavy atom. The number of nitrogens with zero attached hydrogens (tertiary/aromatic N) is 3. The average Bonchev–Trinajstić information content (AvgIpc) is 3.14. The van der Waals surface area contributed by atoms with Gasteiger partial charge in [-0.1, -0.05) is 6.92 Å². The number of fused-ring (bicyclic) bond motifs is 1. The van der Waals surface area contributed by atoms with Gasteiger partial charge in [-0.15, -0.1) is 0 Å². The summed E-state index contributed by atoms with van der Waals surface area (Å²) in [4.78, 5) is 63.6. The average molecular weight is 596 g/mol. The third-order valence-electron chi connectivity index (χ3n) is 4.00. The van der Waals surface area contributed by atoms with E-state index in [0.717, 1.165) is 0 Å². The number of aromatic amines is 1. The van der Waals surface area contributed by atoms with Gasteiger partial charge in [0.05, 0.1) is 12.9 Å². The molecule has 0 bridgehead atoms. The van der Waals surface area contributed by atoms with Gasteiger partial charge in [0.2, 0.25) is 5.95 Å². The van der Waals surface area contributed by atoms with Crippen LogP contribution in [0.4, 0.5) is 5.95 Å². The van der Waals surface area contributed by atoms with Crippen LogP contribution in [-0.4, -0.2) is 62.8 Å². The fraction of sp³-hybridized carbons (Fsp3) is 0.545. The Hall–Kier alpha value is -0.376. The van der Waals surface area contributed by atoms with Crippen molar-refractivity contribution in [3.63, 3.8) is 0 Å². The number of ether oxygens (including phenoxy) is 1. The second kappa shape index (κ2) is 12.4. The normalized spacial score (nSPS) is 24.1. The van der Waals surface area contributed by atoms with Crippen LogP contribution in [0, 0.1) is 5.92 Å². The number of rotatable bonds is 6. The van der Waals surface area contributed by atoms with Crippen LogP contribution < -0.4 is 11.3 Å². The molecule has 32 heavy (non-hydrogen) atoms. The van der Waals surface area contributed by atoms with Gasteiger partial charge in [-0.2, -0.15) is 4.98 Å². The molecular formula is C11H20N5O12P3Y. The summed E-state index contributed by atoms with van der Waals surface area (Å²) in [5.74, 6) is -0.825. The number of hydrogen-bond acceptors (Lipinski definition) is 10. The van der Waals surface area contributed by atoms with Crippen molar-refractivity contribution in [1.29, 1.82) is 0 Å². The summed E-state index contributed by atoms with van der Waals surface area (Å²) in [5, 5.41) is 0. The molecule has 0 aromatic carbocycles. The summed E-state index contributed by atoms with van der Waals surface area (Å²) in [7, 11) is -11.3. The minimum Gasteiger partial charge on any atom is -0.369 e. The number of imidazole rings is 1. The van der Waals surface area contributed by atoms with E-state index in [-0.39, 0.29) is 49.8 Å². The van der Waals surface area contributed by atoms with E-state index in [1.165, 1.54) is 10.9 Å². The topological polar surface area (TPSA) is 270 Å². The van der Waals surface area contributed by atoms with Crippen molar-refractivity contribution in [2.24, 2.45) is 5.92 Å². The van der Waals surface area contributed by atoms with E-state index in [9.17, 15) is 13.9 Å². The molecule has 1 radical (unpaired) electrons. The maximum atomic E-state index is 11.9. The van der Waals surface area contributed by atoms with Crippen LogP contribution in [0.2, 0.25) is 0 Å². The summed E-state index contributed by atoms with van der Waals surface area (Å²) in [6.45, 7) is 1.14. The molecule has 1 fully saturated rings. The second-order valence-corrected chi connectivity index (χ2v) is 8.70. The Balaban J connectivity index is 0.000000945. The molecule has 3 unspecified atom stereocenters. The first kappa shape index (κ1) is 29.7. The largest absolute Gasteiger partial charge is 0.469 e. The quantitative estimate of drug-likeness (QED) is 0.186. The van der Waals surface area contributed by atoms with Crippen LogP contribution in [0.1, 0.15) is 13.2 Å². The maximum Gasteiger partial charge on any atom is 0.469 e. The molecule has 8 N–H and O–H groups in total. The van der Waals surface area contributed by atoms with Crippen LogP contribution in [0.15, 0.2) is 11.1 Å². The van der Waals surface area contributed by atoms with E-state index in [4.69, 9.17) is 44.0 Å². The Labute approximate surface area is 205 Å². The number of phosphoric acid groups is 1. The third-order valence-corrected chi connectivity index (χ3v) is 4.94. The van der Waals surface area contributed by atoms with Crippen molar-refractivity contribution in [2.45, 2.75) is 25.4 Å². The van der Waals surface area contributed by atoms with Crippen LogP contribution in [0.5, 0.6) is 0 Å². The van der Waals surface area contributed by atoms with Crippen molar-refractivity contribution in [3.8, 4) is 0 Å². The van der Waals surface area contributed by atoms with E-state index in [2.05, 4.69) is 19.5 Å². The molecule has 2 aromatic heterocycles. The fourth-order valence-electron chi connectivity index (χ4n) is 2.94. The zero-order chi connectivity index (χ0) is 23.5. The summed E-state index contributed by atoms with van der Waals surface area (Å²) in [5.41, 5.74) is 5.07. The van der Waals surface area contributed by atoms with E-state index in [0.29, 0.717) is 0 Å². The van der Waals surface area contributed by atoms with Gasteiger partial charge < -0.3 is 39.5 Å². The van der Waals surface area contributed by atoms with Crippen molar-refractivity contribution < 1.29 is 84.7 Å². The Morgan fingerprint density at radius 2 is 1.94 bits per heavy atom. The standard InChI is InChI=1S/C11H17N5O9P2.H3O3P.Y/c1-4-7(25-27(20,21)22)5(2-23-26(18)19)24-10(4)16-3-13-6-8(16)14-11(12)15-9(6)17;1-4(2)3;/h3-5,7,10,26H,2H2,1H3,(H,18,19)(H2,20,21,22)(H3,12,14,15,17);4H,(H2,1,2,3);/t4?,5-,7?,10-;;/m1../s1. The SMILES string of the molecule is CC1C(OP(=O)(O)O)[C@@H](CO[PH](=O)O)O[C@H]1n1cnc2c(=O)[nH]c(N)nc21.O=[PH](O)O.[Y]. The molecule has 3 heterocycles. The van der Waals surface area contributed by atoms with Crippen molar-refractivity contribution >= 4 is 41.4 Å². The number of hydrogen-bond donors (Lipinski definition) is 7. The van der Waals surface area contributed by atoms with Crippen LogP contribution in [0.25, 0.3) is 11.2 Å². The number of H-pyrrole nitrogens is 1. The van der Waals surface area contributed by atoms with Gasteiger partial charge in [-0.3, -0.25) is 28.0 Å². The molecule has 0 amide bonds. The molecule has 2 aromatic rings. The van der Waals surface area contributed by atoms with Gasteiger partial charge in [0.1, 0.15) is 18.4 Å². The molecule has 179 valence electrons. The predicted molar refractivity (Wildman–Crippen MR) is 103 cm³/mol. The van der Waals surface area contributed by atoms with E-state index >= 15 is 0 Å². The molecular weight excluding hydrogens is 576 g/mol. The zero-order valence-corrected chi connectivity index (χ0v) is 21.9. The van der Waals surface area contributed by atoms with Crippen molar-refractivity contribution in [2.75, 3.05) is 12.3 Å². The van der Waals surface area contributed by atoms with Gasteiger partial charge in [0.15, 0.2) is 11.2 Å². The first-order chi connectivity index (χ1) is 14.3. The minimum absolute atomic E-state index is 0. The zero-order valence-electron chi connectivity index (χ0n) is 16.1. The van der Waals surface area contributed by atoms with Gasteiger partial charge in [-0.05, 0) is 0 Å². The van der Waals surface area contributed by atoms with Gasteiger partial charge in [0, 0.05) is 38.6 Å². The smallest absolute Gasteiger partial charge is 0.369 e. The van der Waals surface area contributed by atoms with Gasteiger partial charge >= 0.3 is 24.3 Å². The number of nitrogens with one attached hydrogen (secondary N) is 1. The van der Waals surface area contributed by atoms with E-state index < -0.39 is 60.9 Å². The number of phosphoric ester groups is 1.